The van der Waals surface area contributed by atoms with Crippen molar-refractivity contribution < 1.29 is 9.53 Å². The lowest BCUT2D eigenvalue weighted by molar-refractivity contribution is -0.115. The van der Waals surface area contributed by atoms with Crippen molar-refractivity contribution in [2.75, 3.05) is 18.5 Å². The highest BCUT2D eigenvalue weighted by Gasteiger charge is 2.19. The average Bonchev–Trinajstić information content (AvgIpc) is 2.73. The van der Waals surface area contributed by atoms with Gasteiger partial charge in [0, 0.05) is 25.4 Å². The van der Waals surface area contributed by atoms with Crippen LogP contribution in [0, 0.1) is 0 Å². The number of hydrogen-bond donors (Lipinski definition) is 1. The maximum Gasteiger partial charge on any atom is 0.262 e. The maximum atomic E-state index is 13.0. The summed E-state index contributed by atoms with van der Waals surface area (Å²) >= 11 is 1.29. The first-order chi connectivity index (χ1) is 14.1. The zero-order valence-corrected chi connectivity index (χ0v) is 17.4. The Balaban J connectivity index is 1.84. The van der Waals surface area contributed by atoms with Gasteiger partial charge in [-0.15, -0.1) is 0 Å². The third-order valence-electron chi connectivity index (χ3n) is 4.39. The Kier molecular flexibility index (Phi) is 7.43. The molecule has 29 heavy (non-hydrogen) atoms. The summed E-state index contributed by atoms with van der Waals surface area (Å²) in [6.07, 6.45) is 0.700. The summed E-state index contributed by atoms with van der Waals surface area (Å²) in [4.78, 5) is 30.3. The van der Waals surface area contributed by atoms with Crippen LogP contribution >= 0.6 is 11.8 Å². The van der Waals surface area contributed by atoms with Crippen LogP contribution in [0.4, 0.5) is 5.69 Å². The molecule has 1 atom stereocenters. The topological polar surface area (TPSA) is 73.2 Å². The summed E-state index contributed by atoms with van der Waals surface area (Å²) < 4.78 is 7.05. The van der Waals surface area contributed by atoms with E-state index in [2.05, 4.69) is 10.3 Å². The average molecular weight is 412 g/mol. The van der Waals surface area contributed by atoms with Gasteiger partial charge in [-0.3, -0.25) is 14.2 Å². The fraction of sp³-hybridized carbons (Fsp3) is 0.318. The van der Waals surface area contributed by atoms with Crippen molar-refractivity contribution in [2.45, 2.75) is 37.2 Å². The van der Waals surface area contributed by atoms with Crippen LogP contribution in [0.25, 0.3) is 10.9 Å². The van der Waals surface area contributed by atoms with Crippen molar-refractivity contribution >= 4 is 34.3 Å². The molecule has 1 amide bonds. The Bertz CT molecular complexity index is 1020. The van der Waals surface area contributed by atoms with E-state index in [1.54, 1.807) is 10.6 Å². The zero-order chi connectivity index (χ0) is 20.6. The van der Waals surface area contributed by atoms with Gasteiger partial charge in [0.05, 0.1) is 16.2 Å². The van der Waals surface area contributed by atoms with E-state index in [9.17, 15) is 9.59 Å². The lowest BCUT2D eigenvalue weighted by atomic mass is 10.2. The number of anilines is 1. The Labute approximate surface area is 174 Å². The molecular formula is C22H25N3O3S. The predicted octanol–water partition coefficient (Wildman–Crippen LogP) is 3.94. The van der Waals surface area contributed by atoms with Crippen molar-refractivity contribution in [2.24, 2.45) is 0 Å². The van der Waals surface area contributed by atoms with Crippen LogP contribution in [0.15, 0.2) is 64.5 Å². The smallest absolute Gasteiger partial charge is 0.262 e. The third kappa shape index (κ3) is 5.46. The van der Waals surface area contributed by atoms with Crippen LogP contribution in [-0.2, 0) is 16.1 Å². The van der Waals surface area contributed by atoms with Gasteiger partial charge in [-0.05, 0) is 44.5 Å². The first-order valence-corrected chi connectivity index (χ1v) is 10.6. The Hall–Kier alpha value is -2.64. The fourth-order valence-corrected chi connectivity index (χ4v) is 3.82. The molecule has 0 spiro atoms. The van der Waals surface area contributed by atoms with Gasteiger partial charge in [0.2, 0.25) is 5.91 Å². The second kappa shape index (κ2) is 10.2. The number of benzene rings is 2. The predicted molar refractivity (Wildman–Crippen MR) is 118 cm³/mol. The zero-order valence-electron chi connectivity index (χ0n) is 16.6. The molecule has 1 heterocycles. The number of nitrogens with one attached hydrogen (secondary N) is 1. The molecule has 0 saturated heterocycles. The van der Waals surface area contributed by atoms with Gasteiger partial charge in [0.1, 0.15) is 0 Å². The number of para-hydroxylation sites is 2. The van der Waals surface area contributed by atoms with Crippen LogP contribution < -0.4 is 10.9 Å². The van der Waals surface area contributed by atoms with Crippen molar-refractivity contribution in [3.63, 3.8) is 0 Å². The van der Waals surface area contributed by atoms with E-state index >= 15 is 0 Å². The molecule has 0 saturated carbocycles. The molecule has 2 aromatic carbocycles. The first-order valence-electron chi connectivity index (χ1n) is 9.70. The molecule has 1 N–H and O–H groups in total. The molecule has 7 heteroatoms. The lowest BCUT2D eigenvalue weighted by Crippen LogP contribution is -2.27. The summed E-state index contributed by atoms with van der Waals surface area (Å²) in [6, 6.07) is 16.6. The van der Waals surface area contributed by atoms with Gasteiger partial charge < -0.3 is 10.1 Å². The number of thioether (sulfide) groups is 1. The molecule has 1 aromatic heterocycles. The number of ether oxygens (including phenoxy) is 1. The molecule has 0 fully saturated rings. The van der Waals surface area contributed by atoms with E-state index < -0.39 is 5.25 Å². The second-order valence-electron chi connectivity index (χ2n) is 6.53. The second-order valence-corrected chi connectivity index (χ2v) is 7.84. The molecule has 3 aromatic rings. The maximum absolute atomic E-state index is 13.0. The fourth-order valence-electron chi connectivity index (χ4n) is 2.88. The highest BCUT2D eigenvalue weighted by molar-refractivity contribution is 8.00. The highest BCUT2D eigenvalue weighted by Crippen LogP contribution is 2.24. The number of rotatable bonds is 9. The molecule has 0 radical (unpaired) electrons. The summed E-state index contributed by atoms with van der Waals surface area (Å²) in [6.45, 7) is 5.46. The summed E-state index contributed by atoms with van der Waals surface area (Å²) in [5.41, 5.74) is 1.28. The van der Waals surface area contributed by atoms with E-state index in [-0.39, 0.29) is 11.5 Å². The van der Waals surface area contributed by atoms with Crippen molar-refractivity contribution in [3.05, 3.63) is 65.0 Å². The van der Waals surface area contributed by atoms with Crippen LogP contribution in [-0.4, -0.2) is 33.9 Å². The van der Waals surface area contributed by atoms with Gasteiger partial charge in [0.25, 0.3) is 5.56 Å². The first kappa shape index (κ1) is 21.1. The molecule has 0 aliphatic carbocycles. The molecular weight excluding hydrogens is 386 g/mol. The van der Waals surface area contributed by atoms with Crippen molar-refractivity contribution in [3.8, 4) is 0 Å². The standard InChI is InChI=1S/C22H25N3O3S/c1-3-28-15-9-14-25-21(27)18-12-7-8-13-19(18)24-22(25)29-16(2)20(26)23-17-10-5-4-6-11-17/h4-8,10-13,16H,3,9,14-15H2,1-2H3,(H,23,26). The van der Waals surface area contributed by atoms with Crippen molar-refractivity contribution in [1.29, 1.82) is 0 Å². The van der Waals surface area contributed by atoms with Gasteiger partial charge >= 0.3 is 0 Å². The molecule has 6 nitrogen and oxygen atoms in total. The summed E-state index contributed by atoms with van der Waals surface area (Å²) in [7, 11) is 0. The van der Waals surface area contributed by atoms with E-state index in [1.165, 1.54) is 11.8 Å². The molecule has 152 valence electrons. The third-order valence-corrected chi connectivity index (χ3v) is 5.48. The molecule has 3 rings (SSSR count). The minimum Gasteiger partial charge on any atom is -0.382 e. The monoisotopic (exact) mass is 411 g/mol. The largest absolute Gasteiger partial charge is 0.382 e. The molecule has 0 bridgehead atoms. The van der Waals surface area contributed by atoms with E-state index in [4.69, 9.17) is 4.74 Å². The number of carbonyl (C=O) groups is 1. The molecule has 0 aliphatic heterocycles. The minimum absolute atomic E-state index is 0.0923. The number of nitrogens with zero attached hydrogens (tertiary/aromatic N) is 2. The molecule has 1 unspecified atom stereocenters. The van der Waals surface area contributed by atoms with Gasteiger partial charge in [0.15, 0.2) is 5.16 Å². The van der Waals surface area contributed by atoms with E-state index in [0.717, 1.165) is 5.69 Å². The van der Waals surface area contributed by atoms with Gasteiger partial charge in [-0.25, -0.2) is 4.98 Å². The van der Waals surface area contributed by atoms with Crippen LogP contribution in [0.3, 0.4) is 0 Å². The number of carbonyl (C=O) groups excluding carboxylic acids is 1. The van der Waals surface area contributed by atoms with Gasteiger partial charge in [-0.2, -0.15) is 0 Å². The van der Waals surface area contributed by atoms with Crippen molar-refractivity contribution in [1.82, 2.24) is 9.55 Å². The minimum atomic E-state index is -0.415. The van der Waals surface area contributed by atoms with Crippen LogP contribution in [0.1, 0.15) is 20.3 Å². The summed E-state index contributed by atoms with van der Waals surface area (Å²) in [5, 5.41) is 3.60. The number of fused-ring (bicyclic) bond motifs is 1. The normalized spacial score (nSPS) is 12.1. The number of hydrogen-bond acceptors (Lipinski definition) is 5. The van der Waals surface area contributed by atoms with Crippen LogP contribution in [0.5, 0.6) is 0 Å². The van der Waals surface area contributed by atoms with Gasteiger partial charge in [-0.1, -0.05) is 42.1 Å². The Morgan fingerprint density at radius 3 is 2.66 bits per heavy atom. The molecule has 0 aliphatic rings. The van der Waals surface area contributed by atoms with Crippen LogP contribution in [0.2, 0.25) is 0 Å². The summed E-state index contributed by atoms with van der Waals surface area (Å²) in [5.74, 6) is -0.135. The van der Waals surface area contributed by atoms with E-state index in [0.29, 0.717) is 42.2 Å². The quantitative estimate of drug-likeness (QED) is 0.328. The Morgan fingerprint density at radius 1 is 1.17 bits per heavy atom. The lowest BCUT2D eigenvalue weighted by Gasteiger charge is -2.16. The number of aromatic nitrogens is 2. The Morgan fingerprint density at radius 2 is 1.90 bits per heavy atom. The number of amides is 1. The van der Waals surface area contributed by atoms with E-state index in [1.807, 2.05) is 62.4 Å². The SMILES string of the molecule is CCOCCCn1c(SC(C)C(=O)Nc2ccccc2)nc2ccccc2c1=O. The highest BCUT2D eigenvalue weighted by atomic mass is 32.2.